The van der Waals surface area contributed by atoms with Gasteiger partial charge in [-0.15, -0.1) is 0 Å². The van der Waals surface area contributed by atoms with Crippen LogP contribution >= 0.6 is 7.59 Å². The Kier molecular flexibility index (Phi) is 10.5. The first kappa shape index (κ1) is 18.4. The van der Waals surface area contributed by atoms with Crippen LogP contribution in [-0.2, 0) is 4.57 Å². The maximum Gasteiger partial charge on any atom is 0.285 e. The van der Waals surface area contributed by atoms with Crippen molar-refractivity contribution in [3.05, 3.63) is 0 Å². The number of hydrogen-bond donors (Lipinski definition) is 1. The largest absolute Gasteiger partial charge is 0.330 e. The van der Waals surface area contributed by atoms with Crippen LogP contribution in [0.5, 0.6) is 0 Å². The van der Waals surface area contributed by atoms with Gasteiger partial charge in [0.2, 0.25) is 0 Å². The molecular weight excluding hydrogens is 223 g/mol. The van der Waals surface area contributed by atoms with Crippen molar-refractivity contribution >= 4 is 7.59 Å². The van der Waals surface area contributed by atoms with E-state index in [2.05, 4.69) is 6.92 Å². The van der Waals surface area contributed by atoms with E-state index in [1.165, 1.54) is 12.8 Å². The molecule has 100 valence electrons. The van der Waals surface area contributed by atoms with E-state index in [0.29, 0.717) is 0 Å². The SMILES string of the molecule is CCCCN.CN(C)P(=O)(N(C)C)N(C)C. The minimum absolute atomic E-state index is 0.844. The summed E-state index contributed by atoms with van der Waals surface area (Å²) in [6, 6.07) is 0. The number of nitrogens with zero attached hydrogens (tertiary/aromatic N) is 3. The van der Waals surface area contributed by atoms with Gasteiger partial charge < -0.3 is 5.73 Å². The van der Waals surface area contributed by atoms with Crippen LogP contribution in [0.2, 0.25) is 0 Å². The zero-order valence-corrected chi connectivity index (χ0v) is 12.8. The van der Waals surface area contributed by atoms with Crippen LogP contribution in [-0.4, -0.2) is 62.8 Å². The molecule has 0 saturated heterocycles. The molecule has 0 aromatic heterocycles. The van der Waals surface area contributed by atoms with Gasteiger partial charge in [0.15, 0.2) is 0 Å². The van der Waals surface area contributed by atoms with Crippen LogP contribution in [0.25, 0.3) is 0 Å². The molecule has 0 atom stereocenters. The Morgan fingerprint density at radius 3 is 1.25 bits per heavy atom. The monoisotopic (exact) mass is 252 g/mol. The fourth-order valence-corrected chi connectivity index (χ4v) is 3.42. The number of nitrogens with two attached hydrogens (primary N) is 1. The van der Waals surface area contributed by atoms with Crippen molar-refractivity contribution in [1.29, 1.82) is 0 Å². The summed E-state index contributed by atoms with van der Waals surface area (Å²) in [7, 11) is 8.49. The maximum atomic E-state index is 12.1. The van der Waals surface area contributed by atoms with Crippen molar-refractivity contribution in [3.63, 3.8) is 0 Å². The highest BCUT2D eigenvalue weighted by molar-refractivity contribution is 7.56. The average molecular weight is 252 g/mol. The first-order chi connectivity index (χ1) is 7.24. The second-order valence-electron chi connectivity index (χ2n) is 4.20. The van der Waals surface area contributed by atoms with Crippen LogP contribution in [0.3, 0.4) is 0 Å². The molecule has 0 spiro atoms. The molecule has 0 heterocycles. The molecule has 0 bridgehead atoms. The Morgan fingerprint density at radius 2 is 1.25 bits per heavy atom. The minimum Gasteiger partial charge on any atom is -0.330 e. The molecule has 0 amide bonds. The van der Waals surface area contributed by atoms with Gasteiger partial charge in [0.05, 0.1) is 0 Å². The second kappa shape index (κ2) is 9.14. The minimum atomic E-state index is -2.44. The Hall–Kier alpha value is 0.0700. The number of hydrogen-bond acceptors (Lipinski definition) is 2. The van der Waals surface area contributed by atoms with Gasteiger partial charge in [-0.3, -0.25) is 4.57 Å². The molecule has 0 fully saturated rings. The summed E-state index contributed by atoms with van der Waals surface area (Å²) in [5, 5.41) is 0. The summed E-state index contributed by atoms with van der Waals surface area (Å²) < 4.78 is 17.3. The third-order valence-electron chi connectivity index (χ3n) is 2.12. The lowest BCUT2D eigenvalue weighted by atomic mass is 10.3. The van der Waals surface area contributed by atoms with E-state index in [-0.39, 0.29) is 0 Å². The molecule has 16 heavy (non-hydrogen) atoms. The van der Waals surface area contributed by atoms with Gasteiger partial charge in [0.25, 0.3) is 7.59 Å². The molecule has 2 N–H and O–H groups in total. The smallest absolute Gasteiger partial charge is 0.285 e. The topological polar surface area (TPSA) is 52.8 Å². The predicted molar refractivity (Wildman–Crippen MR) is 72.6 cm³/mol. The highest BCUT2D eigenvalue weighted by atomic mass is 31.2. The van der Waals surface area contributed by atoms with Gasteiger partial charge >= 0.3 is 0 Å². The summed E-state index contributed by atoms with van der Waals surface area (Å²) in [5.41, 5.74) is 5.14. The molecule has 0 rings (SSSR count). The summed E-state index contributed by atoms with van der Waals surface area (Å²) in [5.74, 6) is 0. The standard InChI is InChI=1S/C6H18N3OP.C4H11N/c1-7(2)11(10,8(3)4)9(5)6;1-2-3-4-5/h1-6H3;2-5H2,1H3. The lowest BCUT2D eigenvalue weighted by Crippen LogP contribution is -2.30. The molecule has 0 radical (unpaired) electrons. The van der Waals surface area contributed by atoms with Gasteiger partial charge in [0, 0.05) is 0 Å². The second-order valence-corrected chi connectivity index (χ2v) is 7.62. The molecule has 6 heteroatoms. The van der Waals surface area contributed by atoms with E-state index < -0.39 is 7.59 Å². The first-order valence-corrected chi connectivity index (χ1v) is 7.15. The quantitative estimate of drug-likeness (QED) is 0.752. The van der Waals surface area contributed by atoms with Crippen LogP contribution in [0.1, 0.15) is 19.8 Å². The van der Waals surface area contributed by atoms with Crippen molar-refractivity contribution in [2.75, 3.05) is 48.8 Å². The van der Waals surface area contributed by atoms with Crippen LogP contribution < -0.4 is 5.73 Å². The summed E-state index contributed by atoms with van der Waals surface area (Å²) >= 11 is 0. The molecular formula is C10H29N4OP. The molecule has 5 nitrogen and oxygen atoms in total. The number of unbranched alkanes of at least 4 members (excludes halogenated alkanes) is 1. The zero-order valence-electron chi connectivity index (χ0n) is 11.9. The maximum absolute atomic E-state index is 12.1. The third kappa shape index (κ3) is 5.97. The van der Waals surface area contributed by atoms with Crippen LogP contribution in [0, 0.1) is 0 Å². The lowest BCUT2D eigenvalue weighted by molar-refractivity contribution is 0.383. The molecule has 0 aromatic rings. The van der Waals surface area contributed by atoms with E-state index in [1.54, 1.807) is 14.0 Å². The van der Waals surface area contributed by atoms with E-state index >= 15 is 0 Å². The van der Waals surface area contributed by atoms with Crippen molar-refractivity contribution in [3.8, 4) is 0 Å². The van der Waals surface area contributed by atoms with Crippen LogP contribution in [0.4, 0.5) is 0 Å². The van der Waals surface area contributed by atoms with Gasteiger partial charge in [0.1, 0.15) is 0 Å². The zero-order chi connectivity index (χ0) is 13.4. The number of rotatable bonds is 5. The van der Waals surface area contributed by atoms with Gasteiger partial charge in [-0.25, -0.2) is 14.0 Å². The Bertz CT molecular complexity index is 176. The molecule has 0 unspecified atom stereocenters. The lowest BCUT2D eigenvalue weighted by Gasteiger charge is -2.34. The predicted octanol–water partition coefficient (Wildman–Crippen LogP) is 1.52. The van der Waals surface area contributed by atoms with E-state index in [0.717, 1.165) is 6.54 Å². The average Bonchev–Trinajstić information content (AvgIpc) is 2.17. The highest BCUT2D eigenvalue weighted by Gasteiger charge is 2.30. The molecule has 0 aromatic carbocycles. The molecule has 0 aliphatic rings. The fourth-order valence-electron chi connectivity index (χ4n) is 1.28. The van der Waals surface area contributed by atoms with E-state index in [9.17, 15) is 4.57 Å². The summed E-state index contributed by atoms with van der Waals surface area (Å²) in [6.45, 7) is 2.98. The molecule has 0 saturated carbocycles. The normalized spacial score (nSPS) is 11.9. The van der Waals surface area contributed by atoms with Crippen molar-refractivity contribution in [2.45, 2.75) is 19.8 Å². The Labute approximate surface area is 101 Å². The highest BCUT2D eigenvalue weighted by Crippen LogP contribution is 2.50. The van der Waals surface area contributed by atoms with Gasteiger partial charge in [-0.1, -0.05) is 13.3 Å². The third-order valence-corrected chi connectivity index (χ3v) is 5.25. The first-order valence-electron chi connectivity index (χ1n) is 5.58. The van der Waals surface area contributed by atoms with Crippen LogP contribution in [0.15, 0.2) is 0 Å². The van der Waals surface area contributed by atoms with Gasteiger partial charge in [-0.2, -0.15) is 0 Å². The van der Waals surface area contributed by atoms with Crippen molar-refractivity contribution in [2.24, 2.45) is 5.73 Å². The van der Waals surface area contributed by atoms with Crippen molar-refractivity contribution in [1.82, 2.24) is 14.0 Å². The fraction of sp³-hybridized carbons (Fsp3) is 1.00. The van der Waals surface area contributed by atoms with Gasteiger partial charge in [-0.05, 0) is 55.3 Å². The summed E-state index contributed by atoms with van der Waals surface area (Å²) in [6.07, 6.45) is 2.39. The van der Waals surface area contributed by atoms with E-state index in [4.69, 9.17) is 5.73 Å². The van der Waals surface area contributed by atoms with Crippen molar-refractivity contribution < 1.29 is 4.57 Å². The molecule has 0 aliphatic carbocycles. The Balaban J connectivity index is 0. The van der Waals surface area contributed by atoms with E-state index in [1.807, 2.05) is 42.3 Å². The summed E-state index contributed by atoms with van der Waals surface area (Å²) in [4.78, 5) is 0. The Morgan fingerprint density at radius 1 is 0.938 bits per heavy atom. The molecule has 0 aliphatic heterocycles.